The van der Waals surface area contributed by atoms with Crippen molar-refractivity contribution in [2.45, 2.75) is 38.6 Å². The Labute approximate surface area is 95.6 Å². The van der Waals surface area contributed by atoms with Crippen molar-refractivity contribution in [2.75, 3.05) is 13.1 Å². The molecule has 1 aliphatic rings. The Morgan fingerprint density at radius 1 is 1.44 bits per heavy atom. The number of rotatable bonds is 7. The summed E-state index contributed by atoms with van der Waals surface area (Å²) >= 11 is 0. The molecule has 0 bridgehead atoms. The van der Waals surface area contributed by atoms with Crippen LogP contribution in [0.4, 0.5) is 0 Å². The Balaban J connectivity index is 2.54. The van der Waals surface area contributed by atoms with Crippen molar-refractivity contribution in [1.82, 2.24) is 4.90 Å². The maximum atomic E-state index is 10.9. The first-order valence-electron chi connectivity index (χ1n) is 5.81. The van der Waals surface area contributed by atoms with Gasteiger partial charge in [0.05, 0.1) is 12.5 Å². The molecule has 1 aliphatic carbocycles. The third kappa shape index (κ3) is 3.20. The van der Waals surface area contributed by atoms with E-state index >= 15 is 0 Å². The normalized spacial score (nSPS) is 24.1. The van der Waals surface area contributed by atoms with Gasteiger partial charge < -0.3 is 10.8 Å². The molecule has 1 amide bonds. The van der Waals surface area contributed by atoms with E-state index in [1.807, 2.05) is 4.90 Å². The number of aliphatic carboxylic acids is 1. The highest BCUT2D eigenvalue weighted by molar-refractivity contribution is 5.76. The molecule has 0 aliphatic heterocycles. The fraction of sp³-hybridized carbons (Fsp3) is 0.818. The number of nitrogens with zero attached hydrogens (tertiary/aromatic N) is 1. The fourth-order valence-corrected chi connectivity index (χ4v) is 2.13. The van der Waals surface area contributed by atoms with Crippen molar-refractivity contribution in [2.24, 2.45) is 11.7 Å². The number of carbonyl (C=O) groups excluding carboxylic acids is 1. The van der Waals surface area contributed by atoms with Gasteiger partial charge >= 0.3 is 5.97 Å². The van der Waals surface area contributed by atoms with Gasteiger partial charge in [0.25, 0.3) is 0 Å². The standard InChI is InChI=1S/C11H20N2O3/c1-2-3-6-13(7-10(12)14)9-5-4-8(9)11(15)16/h8-9H,2-7H2,1H3,(H2,12,14)(H,15,16). The van der Waals surface area contributed by atoms with Crippen LogP contribution in [0.15, 0.2) is 0 Å². The molecule has 0 aromatic rings. The van der Waals surface area contributed by atoms with Gasteiger partial charge in [-0.15, -0.1) is 0 Å². The average Bonchev–Trinajstić information content (AvgIpc) is 2.10. The van der Waals surface area contributed by atoms with E-state index in [4.69, 9.17) is 10.8 Å². The van der Waals surface area contributed by atoms with Crippen LogP contribution >= 0.6 is 0 Å². The van der Waals surface area contributed by atoms with Crippen LogP contribution in [0.3, 0.4) is 0 Å². The van der Waals surface area contributed by atoms with Gasteiger partial charge in [-0.1, -0.05) is 13.3 Å². The highest BCUT2D eigenvalue weighted by Crippen LogP contribution is 2.32. The first-order chi connectivity index (χ1) is 7.56. The Hall–Kier alpha value is -1.10. The van der Waals surface area contributed by atoms with Crippen molar-refractivity contribution in [1.29, 1.82) is 0 Å². The Morgan fingerprint density at radius 3 is 2.50 bits per heavy atom. The van der Waals surface area contributed by atoms with Gasteiger partial charge in [0.2, 0.25) is 5.91 Å². The van der Waals surface area contributed by atoms with Crippen LogP contribution in [0, 0.1) is 5.92 Å². The molecular weight excluding hydrogens is 208 g/mol. The molecular formula is C11H20N2O3. The van der Waals surface area contributed by atoms with E-state index in [-0.39, 0.29) is 24.4 Å². The summed E-state index contributed by atoms with van der Waals surface area (Å²) in [6.07, 6.45) is 3.56. The van der Waals surface area contributed by atoms with E-state index in [2.05, 4.69) is 6.92 Å². The summed E-state index contributed by atoms with van der Waals surface area (Å²) in [4.78, 5) is 23.8. The Morgan fingerprint density at radius 2 is 2.12 bits per heavy atom. The number of carboxylic acid groups (broad SMARTS) is 1. The van der Waals surface area contributed by atoms with E-state index in [1.54, 1.807) is 0 Å². The molecule has 3 N–H and O–H groups in total. The second-order valence-electron chi connectivity index (χ2n) is 4.38. The molecule has 5 nitrogen and oxygen atoms in total. The molecule has 1 fully saturated rings. The lowest BCUT2D eigenvalue weighted by Crippen LogP contribution is -2.52. The van der Waals surface area contributed by atoms with Crippen LogP contribution in [-0.4, -0.2) is 41.0 Å². The molecule has 0 saturated heterocycles. The van der Waals surface area contributed by atoms with E-state index in [0.717, 1.165) is 25.8 Å². The summed E-state index contributed by atoms with van der Waals surface area (Å²) in [6.45, 7) is 3.00. The van der Waals surface area contributed by atoms with Crippen molar-refractivity contribution >= 4 is 11.9 Å². The SMILES string of the molecule is CCCCN(CC(N)=O)C1CCC1C(=O)O. The summed E-state index contributed by atoms with van der Waals surface area (Å²) in [5.74, 6) is -1.47. The molecule has 1 saturated carbocycles. The minimum atomic E-state index is -0.762. The summed E-state index contributed by atoms with van der Waals surface area (Å²) in [5, 5.41) is 8.97. The van der Waals surface area contributed by atoms with Crippen LogP contribution in [0.5, 0.6) is 0 Å². The van der Waals surface area contributed by atoms with Crippen LogP contribution in [0.25, 0.3) is 0 Å². The molecule has 1 rings (SSSR count). The van der Waals surface area contributed by atoms with E-state index in [1.165, 1.54) is 0 Å². The monoisotopic (exact) mass is 228 g/mol. The van der Waals surface area contributed by atoms with Crippen molar-refractivity contribution in [3.8, 4) is 0 Å². The number of carboxylic acids is 1. The zero-order chi connectivity index (χ0) is 12.1. The van der Waals surface area contributed by atoms with Gasteiger partial charge in [-0.05, 0) is 25.8 Å². The smallest absolute Gasteiger partial charge is 0.308 e. The number of amides is 1. The van der Waals surface area contributed by atoms with Gasteiger partial charge in [0.15, 0.2) is 0 Å². The van der Waals surface area contributed by atoms with Crippen molar-refractivity contribution in [3.63, 3.8) is 0 Å². The first kappa shape index (κ1) is 13.0. The van der Waals surface area contributed by atoms with Crippen molar-refractivity contribution < 1.29 is 14.7 Å². The zero-order valence-electron chi connectivity index (χ0n) is 9.69. The van der Waals surface area contributed by atoms with Crippen LogP contribution in [-0.2, 0) is 9.59 Å². The number of hydrogen-bond donors (Lipinski definition) is 2. The summed E-state index contributed by atoms with van der Waals surface area (Å²) < 4.78 is 0. The molecule has 0 aromatic heterocycles. The van der Waals surface area contributed by atoms with Gasteiger partial charge in [-0.25, -0.2) is 0 Å². The maximum Gasteiger partial charge on any atom is 0.308 e. The Bertz CT molecular complexity index is 268. The van der Waals surface area contributed by atoms with Gasteiger partial charge in [0, 0.05) is 6.04 Å². The van der Waals surface area contributed by atoms with Gasteiger partial charge in [0.1, 0.15) is 0 Å². The minimum Gasteiger partial charge on any atom is -0.481 e. The first-order valence-corrected chi connectivity index (χ1v) is 5.81. The van der Waals surface area contributed by atoms with E-state index < -0.39 is 5.97 Å². The summed E-state index contributed by atoms with van der Waals surface area (Å²) in [6, 6.07) is -0.00319. The average molecular weight is 228 g/mol. The van der Waals surface area contributed by atoms with Crippen LogP contribution in [0.1, 0.15) is 32.6 Å². The molecule has 5 heteroatoms. The van der Waals surface area contributed by atoms with Gasteiger partial charge in [-0.3, -0.25) is 14.5 Å². The Kier molecular flexibility index (Phi) is 4.73. The molecule has 0 heterocycles. The number of nitrogens with two attached hydrogens (primary N) is 1. The molecule has 16 heavy (non-hydrogen) atoms. The predicted molar refractivity (Wildman–Crippen MR) is 59.8 cm³/mol. The third-order valence-electron chi connectivity index (χ3n) is 3.18. The van der Waals surface area contributed by atoms with Gasteiger partial charge in [-0.2, -0.15) is 0 Å². The zero-order valence-corrected chi connectivity index (χ0v) is 9.69. The summed E-state index contributed by atoms with van der Waals surface area (Å²) in [5.41, 5.74) is 5.18. The lowest BCUT2D eigenvalue weighted by Gasteiger charge is -2.41. The second kappa shape index (κ2) is 5.84. The molecule has 2 unspecified atom stereocenters. The van der Waals surface area contributed by atoms with Crippen molar-refractivity contribution in [3.05, 3.63) is 0 Å². The maximum absolute atomic E-state index is 10.9. The highest BCUT2D eigenvalue weighted by Gasteiger charge is 2.40. The fourth-order valence-electron chi connectivity index (χ4n) is 2.13. The highest BCUT2D eigenvalue weighted by atomic mass is 16.4. The lowest BCUT2D eigenvalue weighted by molar-refractivity contribution is -0.149. The molecule has 0 aromatic carbocycles. The predicted octanol–water partition coefficient (Wildman–Crippen LogP) is 0.437. The van der Waals surface area contributed by atoms with E-state index in [0.29, 0.717) is 6.42 Å². The molecule has 92 valence electrons. The van der Waals surface area contributed by atoms with Crippen LogP contribution in [0.2, 0.25) is 0 Å². The second-order valence-corrected chi connectivity index (χ2v) is 4.38. The quantitative estimate of drug-likeness (QED) is 0.662. The third-order valence-corrected chi connectivity index (χ3v) is 3.18. The number of hydrogen-bond acceptors (Lipinski definition) is 3. The number of primary amides is 1. The largest absolute Gasteiger partial charge is 0.481 e. The van der Waals surface area contributed by atoms with Crippen LogP contribution < -0.4 is 5.73 Å². The molecule has 2 atom stereocenters. The number of unbranched alkanes of at least 4 members (excludes halogenated alkanes) is 1. The molecule has 0 spiro atoms. The minimum absolute atomic E-state index is 0.00319. The van der Waals surface area contributed by atoms with E-state index in [9.17, 15) is 9.59 Å². The topological polar surface area (TPSA) is 83.6 Å². The molecule has 0 radical (unpaired) electrons. The summed E-state index contributed by atoms with van der Waals surface area (Å²) in [7, 11) is 0. The lowest BCUT2D eigenvalue weighted by atomic mass is 9.78. The number of carbonyl (C=O) groups is 2.